The molecule has 1 saturated heterocycles. The summed E-state index contributed by atoms with van der Waals surface area (Å²) in [4.78, 5) is 4.60. The maximum atomic E-state index is 12.8. The number of benzene rings is 1. The van der Waals surface area contributed by atoms with Crippen LogP contribution in [0.1, 0.15) is 39.0 Å². The normalized spacial score (nSPS) is 15.3. The molecule has 0 radical (unpaired) electrons. The molecule has 2 rings (SSSR count). The number of nitrogens with zero attached hydrogens (tertiary/aromatic N) is 1. The van der Waals surface area contributed by atoms with E-state index in [1.165, 1.54) is 12.1 Å². The maximum Gasteiger partial charge on any atom is 0.191 e. The summed E-state index contributed by atoms with van der Waals surface area (Å²) in [6.07, 6.45) is 5.04. The Morgan fingerprint density at radius 3 is 2.66 bits per heavy atom. The van der Waals surface area contributed by atoms with Gasteiger partial charge in [0, 0.05) is 46.1 Å². The number of rotatable bonds is 13. The number of guanidine groups is 1. The summed E-state index contributed by atoms with van der Waals surface area (Å²) in [5.74, 6) is 1.95. The molecule has 0 unspecified atom stereocenters. The second kappa shape index (κ2) is 15.0. The Hall–Kier alpha value is -1.86. The minimum absolute atomic E-state index is 0.248. The van der Waals surface area contributed by atoms with Gasteiger partial charge in [-0.25, -0.2) is 4.39 Å². The molecule has 1 aliphatic rings. The molecular formula is C22H36FN3O3. The quantitative estimate of drug-likeness (QED) is 0.297. The molecule has 1 fully saturated rings. The van der Waals surface area contributed by atoms with Crippen LogP contribution in [0.4, 0.5) is 4.39 Å². The van der Waals surface area contributed by atoms with E-state index in [-0.39, 0.29) is 5.82 Å². The zero-order valence-corrected chi connectivity index (χ0v) is 17.6. The molecule has 2 N–H and O–H groups in total. The van der Waals surface area contributed by atoms with Crippen LogP contribution in [0.5, 0.6) is 5.75 Å². The summed E-state index contributed by atoms with van der Waals surface area (Å²) in [5, 5.41) is 6.61. The summed E-state index contributed by atoms with van der Waals surface area (Å²) in [7, 11) is 0. The highest BCUT2D eigenvalue weighted by atomic mass is 19.1. The third kappa shape index (κ3) is 11.0. The summed E-state index contributed by atoms with van der Waals surface area (Å²) >= 11 is 0. The van der Waals surface area contributed by atoms with E-state index in [1.54, 1.807) is 12.1 Å². The van der Waals surface area contributed by atoms with E-state index in [0.717, 1.165) is 84.1 Å². The third-order valence-electron chi connectivity index (χ3n) is 4.70. The molecule has 0 atom stereocenters. The zero-order chi connectivity index (χ0) is 20.6. The highest BCUT2D eigenvalue weighted by molar-refractivity contribution is 5.79. The second-order valence-corrected chi connectivity index (χ2v) is 7.18. The molecule has 164 valence electrons. The van der Waals surface area contributed by atoms with Gasteiger partial charge in [0.1, 0.15) is 11.6 Å². The molecule has 1 heterocycles. The molecule has 0 aliphatic carbocycles. The van der Waals surface area contributed by atoms with Crippen LogP contribution in [0.15, 0.2) is 29.3 Å². The summed E-state index contributed by atoms with van der Waals surface area (Å²) in [6, 6.07) is 6.12. The van der Waals surface area contributed by atoms with Gasteiger partial charge in [-0.05, 0) is 69.2 Å². The molecule has 1 aromatic carbocycles. The lowest BCUT2D eigenvalue weighted by atomic mass is 10.0. The number of unbranched alkanes of at least 4 members (excludes halogenated alkanes) is 1. The van der Waals surface area contributed by atoms with E-state index in [9.17, 15) is 4.39 Å². The van der Waals surface area contributed by atoms with Crippen LogP contribution in [-0.4, -0.2) is 58.6 Å². The van der Waals surface area contributed by atoms with Crippen LogP contribution >= 0.6 is 0 Å². The highest BCUT2D eigenvalue weighted by Crippen LogP contribution is 2.14. The Bertz CT molecular complexity index is 563. The van der Waals surface area contributed by atoms with Gasteiger partial charge in [-0.1, -0.05) is 0 Å². The first-order valence-electron chi connectivity index (χ1n) is 10.8. The molecule has 1 aliphatic heterocycles. The van der Waals surface area contributed by atoms with Crippen LogP contribution in [-0.2, 0) is 9.47 Å². The number of aliphatic imine (C=N–C) groups is 1. The van der Waals surface area contributed by atoms with E-state index >= 15 is 0 Å². The molecular weight excluding hydrogens is 373 g/mol. The molecule has 0 bridgehead atoms. The molecule has 7 heteroatoms. The molecule has 0 saturated carbocycles. The molecule has 6 nitrogen and oxygen atoms in total. The lowest BCUT2D eigenvalue weighted by Gasteiger charge is -2.21. The number of ether oxygens (including phenoxy) is 3. The van der Waals surface area contributed by atoms with Gasteiger partial charge in [0.05, 0.1) is 6.61 Å². The second-order valence-electron chi connectivity index (χ2n) is 7.18. The van der Waals surface area contributed by atoms with Crippen LogP contribution in [0.3, 0.4) is 0 Å². The molecule has 29 heavy (non-hydrogen) atoms. The fourth-order valence-electron chi connectivity index (χ4n) is 3.02. The maximum absolute atomic E-state index is 12.8. The van der Waals surface area contributed by atoms with Crippen molar-refractivity contribution in [1.82, 2.24) is 10.6 Å². The number of halogens is 1. The van der Waals surface area contributed by atoms with Crippen molar-refractivity contribution < 1.29 is 18.6 Å². The smallest absolute Gasteiger partial charge is 0.191 e. The predicted molar refractivity (Wildman–Crippen MR) is 114 cm³/mol. The lowest BCUT2D eigenvalue weighted by Crippen LogP contribution is -2.38. The van der Waals surface area contributed by atoms with Gasteiger partial charge < -0.3 is 24.8 Å². The van der Waals surface area contributed by atoms with Gasteiger partial charge >= 0.3 is 0 Å². The van der Waals surface area contributed by atoms with Gasteiger partial charge in [0.2, 0.25) is 0 Å². The van der Waals surface area contributed by atoms with Crippen LogP contribution in [0.2, 0.25) is 0 Å². The van der Waals surface area contributed by atoms with Gasteiger partial charge in [-0.3, -0.25) is 4.99 Å². The number of hydrogen-bond acceptors (Lipinski definition) is 4. The molecule has 0 spiro atoms. The summed E-state index contributed by atoms with van der Waals surface area (Å²) < 4.78 is 29.6. The van der Waals surface area contributed by atoms with Crippen molar-refractivity contribution in [3.8, 4) is 5.75 Å². The lowest BCUT2D eigenvalue weighted by molar-refractivity contribution is 0.0205. The topological polar surface area (TPSA) is 64.1 Å². The van der Waals surface area contributed by atoms with E-state index in [2.05, 4.69) is 22.5 Å². The first-order chi connectivity index (χ1) is 14.3. The monoisotopic (exact) mass is 409 g/mol. The predicted octanol–water partition coefficient (Wildman–Crippen LogP) is 3.37. The molecule has 0 amide bonds. The Labute approximate surface area is 174 Å². The average molecular weight is 410 g/mol. The van der Waals surface area contributed by atoms with Gasteiger partial charge in [-0.2, -0.15) is 0 Å². The van der Waals surface area contributed by atoms with Crippen LogP contribution in [0, 0.1) is 11.7 Å². The first-order valence-corrected chi connectivity index (χ1v) is 10.8. The van der Waals surface area contributed by atoms with Gasteiger partial charge in [0.25, 0.3) is 0 Å². The highest BCUT2D eigenvalue weighted by Gasteiger charge is 2.13. The Balaban J connectivity index is 1.49. The van der Waals surface area contributed by atoms with E-state index in [4.69, 9.17) is 14.2 Å². The SMILES string of the molecule is CCNC(=NCCCOCC1CCOCC1)NCCCCOc1ccc(F)cc1. The van der Waals surface area contributed by atoms with E-state index in [0.29, 0.717) is 18.3 Å². The minimum atomic E-state index is -0.248. The standard InChI is InChI=1S/C22H36FN3O3/c1-2-24-22(26-13-5-14-28-18-19-10-16-27-17-11-19)25-12-3-4-15-29-21-8-6-20(23)7-9-21/h6-9,19H,2-5,10-18H2,1H3,(H2,24,25,26). The van der Waals surface area contributed by atoms with Crippen molar-refractivity contribution >= 4 is 5.96 Å². The fourth-order valence-corrected chi connectivity index (χ4v) is 3.02. The number of hydrogen-bond donors (Lipinski definition) is 2. The van der Waals surface area contributed by atoms with Crippen molar-refractivity contribution in [1.29, 1.82) is 0 Å². The Morgan fingerprint density at radius 2 is 1.90 bits per heavy atom. The van der Waals surface area contributed by atoms with Crippen LogP contribution < -0.4 is 15.4 Å². The first kappa shape index (κ1) is 23.4. The Morgan fingerprint density at radius 1 is 1.10 bits per heavy atom. The molecule has 1 aromatic rings. The summed E-state index contributed by atoms with van der Waals surface area (Å²) in [5.41, 5.74) is 0. The fraction of sp³-hybridized carbons (Fsp3) is 0.682. The average Bonchev–Trinajstić information content (AvgIpc) is 2.75. The van der Waals surface area contributed by atoms with Gasteiger partial charge in [-0.15, -0.1) is 0 Å². The van der Waals surface area contributed by atoms with Crippen molar-refractivity contribution in [2.45, 2.75) is 39.0 Å². The third-order valence-corrected chi connectivity index (χ3v) is 4.70. The molecule has 0 aromatic heterocycles. The Kier molecular flexibility index (Phi) is 12.1. The van der Waals surface area contributed by atoms with E-state index in [1.807, 2.05) is 0 Å². The number of nitrogens with one attached hydrogen (secondary N) is 2. The van der Waals surface area contributed by atoms with E-state index < -0.39 is 0 Å². The van der Waals surface area contributed by atoms with Crippen molar-refractivity contribution in [2.24, 2.45) is 10.9 Å². The summed E-state index contributed by atoms with van der Waals surface area (Å²) in [6.45, 7) is 8.42. The van der Waals surface area contributed by atoms with Crippen LogP contribution in [0.25, 0.3) is 0 Å². The van der Waals surface area contributed by atoms with Gasteiger partial charge in [0.15, 0.2) is 5.96 Å². The zero-order valence-electron chi connectivity index (χ0n) is 17.6. The minimum Gasteiger partial charge on any atom is -0.494 e. The van der Waals surface area contributed by atoms with Crippen molar-refractivity contribution in [3.05, 3.63) is 30.1 Å². The van der Waals surface area contributed by atoms with Crippen molar-refractivity contribution in [3.63, 3.8) is 0 Å². The van der Waals surface area contributed by atoms with Crippen molar-refractivity contribution in [2.75, 3.05) is 52.7 Å². The largest absolute Gasteiger partial charge is 0.494 e.